The van der Waals surface area contributed by atoms with Crippen molar-refractivity contribution in [3.63, 3.8) is 0 Å². The first-order valence-corrected chi connectivity index (χ1v) is 8.43. The highest BCUT2D eigenvalue weighted by molar-refractivity contribution is 5.80. The van der Waals surface area contributed by atoms with Crippen molar-refractivity contribution in [3.8, 4) is 0 Å². The molecule has 0 bridgehead atoms. The number of nitrogens with zero attached hydrogens (tertiary/aromatic N) is 2. The minimum absolute atomic E-state index is 0.00868. The predicted molar refractivity (Wildman–Crippen MR) is 88.0 cm³/mol. The molecule has 2 aliphatic heterocycles. The Labute approximate surface area is 136 Å². The zero-order valence-corrected chi connectivity index (χ0v) is 13.2. The molecule has 1 saturated heterocycles. The van der Waals surface area contributed by atoms with E-state index in [9.17, 15) is 4.79 Å². The highest BCUT2D eigenvalue weighted by Gasteiger charge is 2.35. The molecule has 4 rings (SSSR count). The summed E-state index contributed by atoms with van der Waals surface area (Å²) in [4.78, 5) is 15.2. The molecule has 2 atom stereocenters. The molecule has 0 N–H and O–H groups in total. The summed E-state index contributed by atoms with van der Waals surface area (Å²) >= 11 is 0. The van der Waals surface area contributed by atoms with Crippen LogP contribution in [0.25, 0.3) is 0 Å². The molecular formula is C19H22N2O2. The Morgan fingerprint density at radius 2 is 1.96 bits per heavy atom. The second-order valence-corrected chi connectivity index (χ2v) is 6.39. The van der Waals surface area contributed by atoms with Gasteiger partial charge >= 0.3 is 0 Å². The summed E-state index contributed by atoms with van der Waals surface area (Å²) in [5, 5.41) is 0. The van der Waals surface area contributed by atoms with Crippen molar-refractivity contribution >= 4 is 5.91 Å². The lowest BCUT2D eigenvalue weighted by Crippen LogP contribution is -2.46. The van der Waals surface area contributed by atoms with Gasteiger partial charge in [-0.3, -0.25) is 4.79 Å². The molecule has 0 aliphatic carbocycles. The van der Waals surface area contributed by atoms with E-state index in [2.05, 4.69) is 39.9 Å². The van der Waals surface area contributed by atoms with Crippen molar-refractivity contribution in [2.75, 3.05) is 19.8 Å². The standard InChI is InChI=1S/C19H22N2O2/c22-19(16-8-5-13-23-14-16)21-12-11-20-10-4-9-17(20)18(21)15-6-2-1-3-7-15/h1-4,6-7,9-10,16,18H,5,8,11-14H2/t16-,18+/m0/s1. The minimum atomic E-state index is 0.00868. The van der Waals surface area contributed by atoms with E-state index in [0.717, 1.165) is 32.5 Å². The number of rotatable bonds is 2. The number of fused-ring (bicyclic) bond motifs is 1. The summed E-state index contributed by atoms with van der Waals surface area (Å²) in [5.41, 5.74) is 2.38. The van der Waals surface area contributed by atoms with Crippen LogP contribution in [-0.4, -0.2) is 35.1 Å². The highest BCUT2D eigenvalue weighted by Crippen LogP contribution is 2.34. The van der Waals surface area contributed by atoms with E-state index in [4.69, 9.17) is 4.74 Å². The van der Waals surface area contributed by atoms with Crippen molar-refractivity contribution < 1.29 is 9.53 Å². The van der Waals surface area contributed by atoms with Crippen LogP contribution in [-0.2, 0) is 16.1 Å². The van der Waals surface area contributed by atoms with Gasteiger partial charge in [-0.2, -0.15) is 0 Å². The first kappa shape index (κ1) is 14.5. The molecule has 2 aromatic rings. The van der Waals surface area contributed by atoms with Crippen LogP contribution in [0.1, 0.15) is 30.1 Å². The van der Waals surface area contributed by atoms with Crippen LogP contribution in [0.5, 0.6) is 0 Å². The van der Waals surface area contributed by atoms with Crippen LogP contribution < -0.4 is 0 Å². The largest absolute Gasteiger partial charge is 0.381 e. The second-order valence-electron chi connectivity index (χ2n) is 6.39. The average molecular weight is 310 g/mol. The van der Waals surface area contributed by atoms with Gasteiger partial charge in [0.05, 0.1) is 18.6 Å². The first-order valence-electron chi connectivity index (χ1n) is 8.43. The maximum atomic E-state index is 13.1. The summed E-state index contributed by atoms with van der Waals surface area (Å²) in [7, 11) is 0. The number of aromatic nitrogens is 1. The molecule has 1 aromatic carbocycles. The van der Waals surface area contributed by atoms with Gasteiger partial charge in [0.2, 0.25) is 5.91 Å². The molecule has 120 valence electrons. The number of hydrogen-bond donors (Lipinski definition) is 0. The second kappa shape index (κ2) is 6.20. The molecule has 1 amide bonds. The minimum Gasteiger partial charge on any atom is -0.381 e. The highest BCUT2D eigenvalue weighted by atomic mass is 16.5. The first-order chi connectivity index (χ1) is 11.3. The number of hydrogen-bond acceptors (Lipinski definition) is 2. The zero-order valence-electron chi connectivity index (χ0n) is 13.2. The third kappa shape index (κ3) is 2.68. The number of carbonyl (C=O) groups is 1. The van der Waals surface area contributed by atoms with E-state index in [-0.39, 0.29) is 17.9 Å². The van der Waals surface area contributed by atoms with E-state index in [1.165, 1.54) is 11.3 Å². The lowest BCUT2D eigenvalue weighted by atomic mass is 9.95. The summed E-state index contributed by atoms with van der Waals surface area (Å²) < 4.78 is 7.80. The fraction of sp³-hybridized carbons (Fsp3) is 0.421. The van der Waals surface area contributed by atoms with Crippen LogP contribution in [0.15, 0.2) is 48.7 Å². The Morgan fingerprint density at radius 3 is 2.74 bits per heavy atom. The quantitative estimate of drug-likeness (QED) is 0.855. The monoisotopic (exact) mass is 310 g/mol. The molecule has 1 aromatic heterocycles. The van der Waals surface area contributed by atoms with Crippen molar-refractivity contribution in [2.45, 2.75) is 25.4 Å². The molecule has 1 fully saturated rings. The van der Waals surface area contributed by atoms with Gasteiger partial charge in [0.15, 0.2) is 0 Å². The predicted octanol–water partition coefficient (Wildman–Crippen LogP) is 2.85. The lowest BCUT2D eigenvalue weighted by Gasteiger charge is -2.39. The molecule has 3 heterocycles. The van der Waals surface area contributed by atoms with Crippen LogP contribution >= 0.6 is 0 Å². The van der Waals surface area contributed by atoms with Crippen molar-refractivity contribution in [1.29, 1.82) is 0 Å². The lowest BCUT2D eigenvalue weighted by molar-refractivity contribution is -0.142. The summed E-state index contributed by atoms with van der Waals surface area (Å²) in [6.07, 6.45) is 4.03. The van der Waals surface area contributed by atoms with Gasteiger partial charge in [-0.1, -0.05) is 30.3 Å². The maximum absolute atomic E-state index is 13.1. The number of amides is 1. The summed E-state index contributed by atoms with van der Waals surface area (Å²) in [6.45, 7) is 2.98. The van der Waals surface area contributed by atoms with E-state index in [0.29, 0.717) is 6.61 Å². The molecule has 23 heavy (non-hydrogen) atoms. The number of carbonyl (C=O) groups excluding carboxylic acids is 1. The van der Waals surface area contributed by atoms with Gasteiger partial charge in [0, 0.05) is 31.6 Å². The molecule has 0 unspecified atom stereocenters. The van der Waals surface area contributed by atoms with E-state index in [1.807, 2.05) is 18.2 Å². The molecule has 0 spiro atoms. The van der Waals surface area contributed by atoms with Crippen molar-refractivity contribution in [3.05, 3.63) is 59.9 Å². The molecule has 0 saturated carbocycles. The van der Waals surface area contributed by atoms with E-state index in [1.54, 1.807) is 0 Å². The fourth-order valence-corrected chi connectivity index (χ4v) is 3.78. The van der Waals surface area contributed by atoms with Crippen molar-refractivity contribution in [1.82, 2.24) is 9.47 Å². The number of benzene rings is 1. The summed E-state index contributed by atoms with van der Waals surface area (Å²) in [6, 6.07) is 14.6. The van der Waals surface area contributed by atoms with Crippen LogP contribution in [0, 0.1) is 5.92 Å². The normalized spacial score (nSPS) is 24.3. The molecular weight excluding hydrogens is 288 g/mol. The molecule has 0 radical (unpaired) electrons. The van der Waals surface area contributed by atoms with E-state index >= 15 is 0 Å². The van der Waals surface area contributed by atoms with Gasteiger partial charge in [-0.25, -0.2) is 0 Å². The fourth-order valence-electron chi connectivity index (χ4n) is 3.78. The van der Waals surface area contributed by atoms with Crippen molar-refractivity contribution in [2.24, 2.45) is 5.92 Å². The van der Waals surface area contributed by atoms with Gasteiger partial charge in [-0.15, -0.1) is 0 Å². The Hall–Kier alpha value is -2.07. The topological polar surface area (TPSA) is 34.5 Å². The Balaban J connectivity index is 1.69. The average Bonchev–Trinajstić information content (AvgIpc) is 3.10. The Kier molecular flexibility index (Phi) is 3.92. The molecule has 2 aliphatic rings. The third-order valence-electron chi connectivity index (χ3n) is 4.95. The SMILES string of the molecule is O=C([C@H]1CCCOC1)N1CCn2cccc2[C@H]1c1ccccc1. The van der Waals surface area contributed by atoms with Crippen LogP contribution in [0.2, 0.25) is 0 Å². The smallest absolute Gasteiger partial charge is 0.228 e. The van der Waals surface area contributed by atoms with Gasteiger partial charge in [0.25, 0.3) is 0 Å². The number of ether oxygens (including phenoxy) is 1. The molecule has 4 nitrogen and oxygen atoms in total. The van der Waals surface area contributed by atoms with Gasteiger partial charge < -0.3 is 14.2 Å². The molecule has 4 heteroatoms. The third-order valence-corrected chi connectivity index (χ3v) is 4.95. The van der Waals surface area contributed by atoms with Crippen LogP contribution in [0.3, 0.4) is 0 Å². The van der Waals surface area contributed by atoms with Gasteiger partial charge in [0.1, 0.15) is 0 Å². The summed E-state index contributed by atoms with van der Waals surface area (Å²) in [5.74, 6) is 0.252. The van der Waals surface area contributed by atoms with Gasteiger partial charge in [-0.05, 0) is 30.5 Å². The zero-order chi connectivity index (χ0) is 15.6. The van der Waals surface area contributed by atoms with Crippen LogP contribution in [0.4, 0.5) is 0 Å². The Morgan fingerprint density at radius 1 is 1.09 bits per heavy atom. The van der Waals surface area contributed by atoms with E-state index < -0.39 is 0 Å². The maximum Gasteiger partial charge on any atom is 0.228 e. The Bertz CT molecular complexity index is 674.